The van der Waals surface area contributed by atoms with Gasteiger partial charge in [0.15, 0.2) is 23.9 Å². The van der Waals surface area contributed by atoms with E-state index in [1.54, 1.807) is 41.3 Å². The van der Waals surface area contributed by atoms with Crippen molar-refractivity contribution in [1.29, 1.82) is 0 Å². The van der Waals surface area contributed by atoms with E-state index in [1.807, 2.05) is 0 Å². The van der Waals surface area contributed by atoms with Gasteiger partial charge in [0, 0.05) is 24.2 Å². The third-order valence-corrected chi connectivity index (χ3v) is 4.53. The van der Waals surface area contributed by atoms with E-state index in [0.717, 1.165) is 12.1 Å². The van der Waals surface area contributed by atoms with Crippen molar-refractivity contribution in [3.8, 4) is 11.5 Å². The van der Waals surface area contributed by atoms with Crippen molar-refractivity contribution in [3.05, 3.63) is 53.6 Å². The molecule has 28 heavy (non-hydrogen) atoms. The zero-order valence-corrected chi connectivity index (χ0v) is 15.8. The van der Waals surface area contributed by atoms with E-state index >= 15 is 0 Å². The first kappa shape index (κ1) is 19.4. The highest BCUT2D eigenvalue weighted by Crippen LogP contribution is 2.31. The second-order valence-electron chi connectivity index (χ2n) is 6.24. The molecule has 0 N–H and O–H groups in total. The maximum absolute atomic E-state index is 12.3. The topological polar surface area (TPSA) is 82.1 Å². The average Bonchev–Trinajstić information content (AvgIpc) is 3.16. The fourth-order valence-corrected chi connectivity index (χ4v) is 3.09. The summed E-state index contributed by atoms with van der Waals surface area (Å²) in [5, 5.41) is 0. The van der Waals surface area contributed by atoms with Crippen LogP contribution in [0.3, 0.4) is 0 Å². The molecule has 0 unspecified atom stereocenters. The Bertz CT molecular complexity index is 890. The molecule has 0 aliphatic carbocycles. The van der Waals surface area contributed by atoms with Gasteiger partial charge >= 0.3 is 5.97 Å². The number of hydrogen-bond acceptors (Lipinski definition) is 6. The largest absolute Gasteiger partial charge is 0.493 e. The summed E-state index contributed by atoms with van der Waals surface area (Å²) in [6.07, 6.45) is 1.38. The molecule has 146 valence electrons. The summed E-state index contributed by atoms with van der Waals surface area (Å²) in [4.78, 5) is 38.2. The minimum absolute atomic E-state index is 0.0836. The van der Waals surface area contributed by atoms with Gasteiger partial charge in [0.2, 0.25) is 5.91 Å². The number of ketones is 1. The van der Waals surface area contributed by atoms with E-state index in [0.29, 0.717) is 24.3 Å². The molecule has 0 aromatic heterocycles. The summed E-state index contributed by atoms with van der Waals surface area (Å²) in [5.41, 5.74) is 1.34. The van der Waals surface area contributed by atoms with E-state index in [4.69, 9.17) is 14.2 Å². The normalized spacial score (nSPS) is 13.4. The van der Waals surface area contributed by atoms with Crippen LogP contribution in [0.25, 0.3) is 0 Å². The van der Waals surface area contributed by atoms with E-state index in [2.05, 4.69) is 0 Å². The number of methoxy groups -OCH3 is 2. The molecule has 1 aliphatic heterocycles. The van der Waals surface area contributed by atoms with Crippen molar-refractivity contribution >= 4 is 23.3 Å². The molecule has 0 spiro atoms. The van der Waals surface area contributed by atoms with Crippen molar-refractivity contribution in [2.45, 2.75) is 12.8 Å². The van der Waals surface area contributed by atoms with Gasteiger partial charge in [-0.1, -0.05) is 6.07 Å². The lowest BCUT2D eigenvalue weighted by molar-refractivity contribution is -0.117. The Morgan fingerprint density at radius 2 is 1.79 bits per heavy atom. The first-order chi connectivity index (χ1) is 13.5. The van der Waals surface area contributed by atoms with Crippen LogP contribution in [0, 0.1) is 0 Å². The number of carbonyl (C=O) groups is 3. The molecule has 0 bridgehead atoms. The van der Waals surface area contributed by atoms with E-state index in [9.17, 15) is 14.4 Å². The number of para-hydroxylation sites is 1. The fraction of sp³-hybridized carbons (Fsp3) is 0.286. The molecule has 1 aliphatic rings. The number of benzene rings is 2. The van der Waals surface area contributed by atoms with E-state index in [1.165, 1.54) is 20.3 Å². The van der Waals surface area contributed by atoms with Crippen molar-refractivity contribution < 1.29 is 28.6 Å². The molecule has 7 nitrogen and oxygen atoms in total. The smallest absolute Gasteiger partial charge is 0.342 e. The molecule has 1 fully saturated rings. The van der Waals surface area contributed by atoms with Crippen LogP contribution in [-0.2, 0) is 9.53 Å². The molecule has 2 aromatic rings. The molecular weight excluding hydrogens is 362 g/mol. The Balaban J connectivity index is 1.64. The van der Waals surface area contributed by atoms with Crippen LogP contribution in [0.2, 0.25) is 0 Å². The van der Waals surface area contributed by atoms with Gasteiger partial charge < -0.3 is 19.1 Å². The second-order valence-corrected chi connectivity index (χ2v) is 6.24. The Morgan fingerprint density at radius 3 is 2.39 bits per heavy atom. The van der Waals surface area contributed by atoms with Crippen LogP contribution in [0.5, 0.6) is 11.5 Å². The summed E-state index contributed by atoms with van der Waals surface area (Å²) < 4.78 is 15.5. The highest BCUT2D eigenvalue weighted by Gasteiger charge is 2.22. The molecular formula is C21H21NO6. The van der Waals surface area contributed by atoms with Crippen molar-refractivity contribution in [3.63, 3.8) is 0 Å². The van der Waals surface area contributed by atoms with Crippen LogP contribution in [0.1, 0.15) is 33.6 Å². The third kappa shape index (κ3) is 3.98. The molecule has 2 aromatic carbocycles. The maximum Gasteiger partial charge on any atom is 0.342 e. The Labute approximate surface area is 162 Å². The van der Waals surface area contributed by atoms with Gasteiger partial charge in [-0.05, 0) is 42.8 Å². The van der Waals surface area contributed by atoms with E-state index < -0.39 is 12.6 Å². The van der Waals surface area contributed by atoms with Crippen molar-refractivity contribution in [1.82, 2.24) is 0 Å². The number of amides is 1. The molecule has 0 atom stereocenters. The standard InChI is InChI=1S/C21H21NO6/c1-26-18-6-3-5-16(20(18)27-2)21(25)28-13-17(23)14-8-10-15(11-9-14)22-12-4-7-19(22)24/h3,5-6,8-11H,4,7,12-13H2,1-2H3. The zero-order chi connectivity index (χ0) is 20.1. The third-order valence-electron chi connectivity index (χ3n) is 4.53. The van der Waals surface area contributed by atoms with Gasteiger partial charge in [-0.3, -0.25) is 9.59 Å². The van der Waals surface area contributed by atoms with Crippen molar-refractivity contribution in [2.75, 3.05) is 32.3 Å². The lowest BCUT2D eigenvalue weighted by Crippen LogP contribution is -2.23. The molecule has 1 saturated heterocycles. The summed E-state index contributed by atoms with van der Waals surface area (Å²) in [5.74, 6) is -0.282. The van der Waals surface area contributed by atoms with E-state index in [-0.39, 0.29) is 23.0 Å². The quantitative estimate of drug-likeness (QED) is 0.540. The zero-order valence-electron chi connectivity index (χ0n) is 15.8. The van der Waals surface area contributed by atoms with Crippen molar-refractivity contribution in [2.24, 2.45) is 0 Å². The number of esters is 1. The molecule has 0 saturated carbocycles. The lowest BCUT2D eigenvalue weighted by atomic mass is 10.1. The highest BCUT2D eigenvalue weighted by molar-refractivity contribution is 6.01. The lowest BCUT2D eigenvalue weighted by Gasteiger charge is -2.15. The maximum atomic E-state index is 12.3. The number of carbonyl (C=O) groups excluding carboxylic acids is 3. The van der Waals surface area contributed by atoms with Gasteiger partial charge in [0.1, 0.15) is 5.56 Å². The second kappa shape index (κ2) is 8.56. The number of ether oxygens (including phenoxy) is 3. The van der Waals surface area contributed by atoms with Gasteiger partial charge in [0.25, 0.3) is 0 Å². The summed E-state index contributed by atoms with van der Waals surface area (Å²) in [7, 11) is 2.89. The number of Topliss-reactive ketones (excluding diaryl/α,β-unsaturated/α-hetero) is 1. The number of nitrogens with zero attached hydrogens (tertiary/aromatic N) is 1. The van der Waals surface area contributed by atoms with Crippen LogP contribution in [0.4, 0.5) is 5.69 Å². The first-order valence-electron chi connectivity index (χ1n) is 8.87. The van der Waals surface area contributed by atoms with Gasteiger partial charge in [0.05, 0.1) is 14.2 Å². The van der Waals surface area contributed by atoms with Gasteiger partial charge in [-0.25, -0.2) is 4.79 Å². The molecule has 1 amide bonds. The van der Waals surface area contributed by atoms with Crippen LogP contribution < -0.4 is 14.4 Å². The molecule has 3 rings (SSSR count). The molecule has 7 heteroatoms. The van der Waals surface area contributed by atoms with Gasteiger partial charge in [-0.2, -0.15) is 0 Å². The Kier molecular flexibility index (Phi) is 5.93. The first-order valence-corrected chi connectivity index (χ1v) is 8.87. The number of rotatable bonds is 7. The SMILES string of the molecule is COc1cccc(C(=O)OCC(=O)c2ccc(N3CCCC3=O)cc2)c1OC. The summed E-state index contributed by atoms with van der Waals surface area (Å²) >= 11 is 0. The number of anilines is 1. The van der Waals surface area contributed by atoms with Gasteiger partial charge in [-0.15, -0.1) is 0 Å². The predicted molar refractivity (Wildman–Crippen MR) is 102 cm³/mol. The fourth-order valence-electron chi connectivity index (χ4n) is 3.09. The Hall–Kier alpha value is -3.35. The average molecular weight is 383 g/mol. The predicted octanol–water partition coefficient (Wildman–Crippen LogP) is 2.87. The minimum atomic E-state index is -0.677. The summed E-state index contributed by atoms with van der Waals surface area (Å²) in [6.45, 7) is 0.285. The number of hydrogen-bond donors (Lipinski definition) is 0. The molecule has 1 heterocycles. The monoisotopic (exact) mass is 383 g/mol. The Morgan fingerprint density at radius 1 is 1.04 bits per heavy atom. The minimum Gasteiger partial charge on any atom is -0.493 e. The highest BCUT2D eigenvalue weighted by atomic mass is 16.5. The molecule has 0 radical (unpaired) electrons. The van der Waals surface area contributed by atoms with Crippen LogP contribution in [0.15, 0.2) is 42.5 Å². The summed E-state index contributed by atoms with van der Waals surface area (Å²) in [6, 6.07) is 11.5. The van der Waals surface area contributed by atoms with Crippen LogP contribution >= 0.6 is 0 Å². The van der Waals surface area contributed by atoms with Crippen LogP contribution in [-0.4, -0.2) is 45.0 Å².